The van der Waals surface area contributed by atoms with Gasteiger partial charge < -0.3 is 0 Å². The zero-order valence-electron chi connectivity index (χ0n) is 11.4. The fraction of sp³-hybridized carbons (Fsp3) is 0.0556. The lowest BCUT2D eigenvalue weighted by atomic mass is 10.0. The summed E-state index contributed by atoms with van der Waals surface area (Å²) in [5.74, 6) is 5.11. The van der Waals surface area contributed by atoms with Gasteiger partial charge >= 0.3 is 0 Å². The third-order valence-corrected chi connectivity index (χ3v) is 2.82. The summed E-state index contributed by atoms with van der Waals surface area (Å²) >= 11 is 0. The van der Waals surface area contributed by atoms with E-state index in [1.165, 1.54) is 28.8 Å². The van der Waals surface area contributed by atoms with Crippen LogP contribution in [0.25, 0.3) is 0 Å². The van der Waals surface area contributed by atoms with Crippen LogP contribution in [-0.4, -0.2) is 11.1 Å². The number of hydrogen-bond acceptors (Lipinski definition) is 2. The zero-order chi connectivity index (χ0) is 14.9. The number of hydroxylamine groups is 1. The van der Waals surface area contributed by atoms with Crippen molar-refractivity contribution < 1.29 is 10.0 Å². The van der Waals surface area contributed by atoms with E-state index < -0.39 is 5.91 Å². The van der Waals surface area contributed by atoms with E-state index in [2.05, 4.69) is 30.0 Å². The van der Waals surface area contributed by atoms with E-state index in [-0.39, 0.29) is 0 Å². The summed E-state index contributed by atoms with van der Waals surface area (Å²) in [6.45, 7) is 0. The van der Waals surface area contributed by atoms with Gasteiger partial charge in [-0.15, -0.1) is 0 Å². The summed E-state index contributed by atoms with van der Waals surface area (Å²) < 4.78 is 0. The average Bonchev–Trinajstić information content (AvgIpc) is 2.52. The van der Waals surface area contributed by atoms with Gasteiger partial charge in [0, 0.05) is 11.6 Å². The standard InChI is InChI=1S/C18H15NO2/c20-18(19-21)12-5-4-9-16-10-6-11-17(14-16)13-15-7-2-1-3-8-15/h1-3,5-8,10-12,14,21H,13H2,(H,19,20)/b12-5+. The van der Waals surface area contributed by atoms with Crippen LogP contribution in [0.5, 0.6) is 0 Å². The molecule has 0 heterocycles. The Bertz CT molecular complexity index is 694. The Morgan fingerprint density at radius 3 is 2.62 bits per heavy atom. The Hall–Kier alpha value is -2.83. The van der Waals surface area contributed by atoms with Crippen LogP contribution in [-0.2, 0) is 11.2 Å². The van der Waals surface area contributed by atoms with E-state index in [1.54, 1.807) is 0 Å². The first kappa shape index (κ1) is 14.6. The lowest BCUT2D eigenvalue weighted by Crippen LogP contribution is -2.14. The Balaban J connectivity index is 2.06. The third-order valence-electron chi connectivity index (χ3n) is 2.82. The number of allylic oxidation sites excluding steroid dienone is 1. The molecule has 0 atom stereocenters. The fourth-order valence-electron chi connectivity index (χ4n) is 1.87. The number of hydrogen-bond donors (Lipinski definition) is 2. The molecule has 0 unspecified atom stereocenters. The topological polar surface area (TPSA) is 49.3 Å². The van der Waals surface area contributed by atoms with Crippen molar-refractivity contribution in [2.24, 2.45) is 0 Å². The largest absolute Gasteiger partial charge is 0.288 e. The van der Waals surface area contributed by atoms with E-state index in [1.807, 2.05) is 36.4 Å². The predicted molar refractivity (Wildman–Crippen MR) is 81.6 cm³/mol. The van der Waals surface area contributed by atoms with Crippen molar-refractivity contribution in [2.75, 3.05) is 0 Å². The molecule has 0 radical (unpaired) electrons. The van der Waals surface area contributed by atoms with E-state index in [4.69, 9.17) is 5.21 Å². The van der Waals surface area contributed by atoms with E-state index >= 15 is 0 Å². The molecule has 3 nitrogen and oxygen atoms in total. The van der Waals surface area contributed by atoms with E-state index in [0.717, 1.165) is 12.0 Å². The molecule has 0 fully saturated rings. The van der Waals surface area contributed by atoms with Crippen LogP contribution in [0.15, 0.2) is 66.7 Å². The molecule has 2 rings (SSSR count). The lowest BCUT2D eigenvalue weighted by Gasteiger charge is -2.02. The van der Waals surface area contributed by atoms with Crippen molar-refractivity contribution in [1.29, 1.82) is 0 Å². The molecular weight excluding hydrogens is 262 g/mol. The second kappa shape index (κ2) is 7.68. The summed E-state index contributed by atoms with van der Waals surface area (Å²) in [5, 5.41) is 8.33. The van der Waals surface area contributed by atoms with Crippen molar-refractivity contribution >= 4 is 5.91 Å². The molecular formula is C18H15NO2. The molecule has 2 N–H and O–H groups in total. The van der Waals surface area contributed by atoms with Gasteiger partial charge in [-0.2, -0.15) is 0 Å². The molecule has 3 heteroatoms. The van der Waals surface area contributed by atoms with Gasteiger partial charge in [-0.05, 0) is 35.8 Å². The number of rotatable bonds is 3. The molecule has 21 heavy (non-hydrogen) atoms. The summed E-state index contributed by atoms with van der Waals surface area (Å²) in [7, 11) is 0. The number of benzene rings is 2. The maximum atomic E-state index is 10.8. The minimum atomic E-state index is -0.595. The Morgan fingerprint density at radius 1 is 1.10 bits per heavy atom. The van der Waals surface area contributed by atoms with Gasteiger partial charge in [0.25, 0.3) is 5.91 Å². The molecule has 104 valence electrons. The second-order valence-electron chi connectivity index (χ2n) is 4.44. The van der Waals surface area contributed by atoms with Crippen molar-refractivity contribution in [1.82, 2.24) is 5.48 Å². The van der Waals surface area contributed by atoms with Crippen LogP contribution in [0.4, 0.5) is 0 Å². The molecule has 0 aliphatic carbocycles. The van der Waals surface area contributed by atoms with Crippen LogP contribution in [0.1, 0.15) is 16.7 Å². The van der Waals surface area contributed by atoms with Crippen LogP contribution < -0.4 is 5.48 Å². The normalized spacial score (nSPS) is 9.95. The summed E-state index contributed by atoms with van der Waals surface area (Å²) in [5.41, 5.74) is 4.83. The van der Waals surface area contributed by atoms with Crippen molar-refractivity contribution in [3.63, 3.8) is 0 Å². The highest BCUT2D eigenvalue weighted by molar-refractivity contribution is 5.86. The Labute approximate surface area is 123 Å². The molecule has 0 saturated heterocycles. The number of carbonyl (C=O) groups is 1. The molecule has 2 aromatic carbocycles. The number of amides is 1. The van der Waals surface area contributed by atoms with Gasteiger partial charge in [0.05, 0.1) is 0 Å². The van der Waals surface area contributed by atoms with Crippen LogP contribution in [0, 0.1) is 11.8 Å². The predicted octanol–water partition coefficient (Wildman–Crippen LogP) is 2.69. The third kappa shape index (κ3) is 4.98. The van der Waals surface area contributed by atoms with Crippen molar-refractivity contribution in [3.8, 4) is 11.8 Å². The Morgan fingerprint density at radius 2 is 1.86 bits per heavy atom. The molecule has 2 aromatic rings. The monoisotopic (exact) mass is 277 g/mol. The second-order valence-corrected chi connectivity index (χ2v) is 4.44. The highest BCUT2D eigenvalue weighted by Crippen LogP contribution is 2.10. The maximum Gasteiger partial charge on any atom is 0.267 e. The minimum absolute atomic E-state index is 0.595. The van der Waals surface area contributed by atoms with Gasteiger partial charge in [0.2, 0.25) is 0 Å². The van der Waals surface area contributed by atoms with Gasteiger partial charge in [0.1, 0.15) is 0 Å². The maximum absolute atomic E-state index is 10.8. The Kier molecular flexibility index (Phi) is 5.33. The van der Waals surface area contributed by atoms with E-state index in [9.17, 15) is 4.79 Å². The van der Waals surface area contributed by atoms with Crippen molar-refractivity contribution in [3.05, 3.63) is 83.4 Å². The first-order chi connectivity index (χ1) is 10.3. The number of carbonyl (C=O) groups excluding carboxylic acids is 1. The lowest BCUT2D eigenvalue weighted by molar-refractivity contribution is -0.124. The highest BCUT2D eigenvalue weighted by atomic mass is 16.5. The molecule has 0 spiro atoms. The minimum Gasteiger partial charge on any atom is -0.288 e. The summed E-state index contributed by atoms with van der Waals surface area (Å²) in [4.78, 5) is 10.8. The van der Waals surface area contributed by atoms with Gasteiger partial charge in [-0.1, -0.05) is 54.3 Å². The summed E-state index contributed by atoms with van der Waals surface area (Å²) in [6, 6.07) is 18.2. The molecule has 0 aliphatic heterocycles. The fourth-order valence-corrected chi connectivity index (χ4v) is 1.87. The molecule has 0 saturated carbocycles. The summed E-state index contributed by atoms with van der Waals surface area (Å²) in [6.07, 6.45) is 3.43. The van der Waals surface area contributed by atoms with Crippen molar-refractivity contribution in [2.45, 2.75) is 6.42 Å². The van der Waals surface area contributed by atoms with Crippen LogP contribution in [0.3, 0.4) is 0 Å². The first-order valence-corrected chi connectivity index (χ1v) is 6.53. The quantitative estimate of drug-likeness (QED) is 0.392. The van der Waals surface area contributed by atoms with E-state index in [0.29, 0.717) is 0 Å². The van der Waals surface area contributed by atoms with Gasteiger partial charge in [0.15, 0.2) is 0 Å². The van der Waals surface area contributed by atoms with Crippen LogP contribution in [0.2, 0.25) is 0 Å². The first-order valence-electron chi connectivity index (χ1n) is 6.53. The molecule has 0 aliphatic rings. The zero-order valence-corrected chi connectivity index (χ0v) is 11.4. The molecule has 0 bridgehead atoms. The molecule has 1 amide bonds. The van der Waals surface area contributed by atoms with Crippen LogP contribution >= 0.6 is 0 Å². The average molecular weight is 277 g/mol. The SMILES string of the molecule is O=C(/C=C/C#Cc1cccc(Cc2ccccc2)c1)NO. The number of nitrogens with one attached hydrogen (secondary N) is 1. The van der Waals surface area contributed by atoms with Gasteiger partial charge in [-0.25, -0.2) is 5.48 Å². The van der Waals surface area contributed by atoms with Gasteiger partial charge in [-0.3, -0.25) is 10.0 Å². The highest BCUT2D eigenvalue weighted by Gasteiger charge is 1.96. The molecule has 0 aromatic heterocycles. The smallest absolute Gasteiger partial charge is 0.267 e.